The molecule has 198 valence electrons. The zero-order valence-corrected chi connectivity index (χ0v) is 23.3. The molecule has 4 aromatic rings. The van der Waals surface area contributed by atoms with Gasteiger partial charge in [0.25, 0.3) is 11.8 Å². The molecular formula is C34H29N3O2S. The third kappa shape index (κ3) is 4.75. The van der Waals surface area contributed by atoms with Crippen molar-refractivity contribution >= 4 is 51.4 Å². The number of anilines is 2. The summed E-state index contributed by atoms with van der Waals surface area (Å²) in [6.45, 7) is 4.65. The van der Waals surface area contributed by atoms with Gasteiger partial charge in [-0.05, 0) is 71.6 Å². The molecule has 4 aromatic carbocycles. The number of fused-ring (bicyclic) bond motifs is 1. The SMILES string of the molecule is CCc1ccc(N=C2S/C(=C3\C(=O)N(Cc4ccccc4)c4ccccc43)C(=O)N2c2ccc(CC)cc2)cc1. The highest BCUT2D eigenvalue weighted by molar-refractivity contribution is 8.19. The first-order valence-corrected chi connectivity index (χ1v) is 14.4. The second-order valence-corrected chi connectivity index (χ2v) is 10.8. The van der Waals surface area contributed by atoms with Gasteiger partial charge in [-0.15, -0.1) is 0 Å². The molecule has 0 spiro atoms. The average molecular weight is 544 g/mol. The summed E-state index contributed by atoms with van der Waals surface area (Å²) in [6.07, 6.45) is 1.85. The van der Waals surface area contributed by atoms with Crippen LogP contribution in [0.3, 0.4) is 0 Å². The molecule has 1 fully saturated rings. The molecule has 1 saturated heterocycles. The van der Waals surface area contributed by atoms with Gasteiger partial charge < -0.3 is 4.90 Å². The van der Waals surface area contributed by atoms with Crippen LogP contribution in [0.5, 0.6) is 0 Å². The Morgan fingerprint density at radius 2 is 1.30 bits per heavy atom. The summed E-state index contributed by atoms with van der Waals surface area (Å²) < 4.78 is 0. The number of thioether (sulfide) groups is 1. The third-order valence-corrected chi connectivity index (χ3v) is 8.33. The van der Waals surface area contributed by atoms with Crippen molar-refractivity contribution in [3.8, 4) is 0 Å². The van der Waals surface area contributed by atoms with Crippen LogP contribution in [0.4, 0.5) is 17.1 Å². The van der Waals surface area contributed by atoms with Crippen molar-refractivity contribution in [2.75, 3.05) is 9.80 Å². The highest BCUT2D eigenvalue weighted by Gasteiger charge is 2.43. The summed E-state index contributed by atoms with van der Waals surface area (Å²) in [5.74, 6) is -0.409. The van der Waals surface area contributed by atoms with Crippen molar-refractivity contribution in [3.05, 3.63) is 130 Å². The summed E-state index contributed by atoms with van der Waals surface area (Å²) in [4.78, 5) is 36.9. The number of carbonyl (C=O) groups excluding carboxylic acids is 2. The van der Waals surface area contributed by atoms with E-state index in [0.29, 0.717) is 22.2 Å². The number of aryl methyl sites for hydroxylation is 2. The molecule has 0 unspecified atom stereocenters. The van der Waals surface area contributed by atoms with Gasteiger partial charge in [0.2, 0.25) is 0 Å². The second-order valence-electron chi connectivity index (χ2n) is 9.78. The standard InChI is InChI=1S/C34H29N3O2S/c1-3-23-14-18-26(19-15-23)35-34-37(27-20-16-24(4-2)17-21-27)33(39)31(40-34)30-28-12-8-9-13-29(28)36(32(30)38)22-25-10-6-5-7-11-25/h5-21H,3-4,22H2,1-2H3/b31-30-,35-34?. The first-order valence-electron chi connectivity index (χ1n) is 13.6. The van der Waals surface area contributed by atoms with Crippen LogP contribution in [0.15, 0.2) is 113 Å². The predicted octanol–water partition coefficient (Wildman–Crippen LogP) is 7.54. The number of benzene rings is 4. The van der Waals surface area contributed by atoms with Gasteiger partial charge in [-0.1, -0.05) is 86.6 Å². The molecule has 6 heteroatoms. The van der Waals surface area contributed by atoms with E-state index in [0.717, 1.165) is 41.0 Å². The molecule has 0 N–H and O–H groups in total. The summed E-state index contributed by atoms with van der Waals surface area (Å²) in [6, 6.07) is 33.6. The fourth-order valence-electron chi connectivity index (χ4n) is 5.05. The Balaban J connectivity index is 1.46. The second kappa shape index (κ2) is 11.0. The average Bonchev–Trinajstić information content (AvgIpc) is 3.46. The van der Waals surface area contributed by atoms with E-state index in [-0.39, 0.29) is 11.8 Å². The molecule has 0 aliphatic carbocycles. The van der Waals surface area contributed by atoms with Crippen LogP contribution in [0.25, 0.3) is 5.57 Å². The van der Waals surface area contributed by atoms with Gasteiger partial charge in [-0.3, -0.25) is 14.5 Å². The summed E-state index contributed by atoms with van der Waals surface area (Å²) >= 11 is 1.27. The molecule has 6 rings (SSSR count). The van der Waals surface area contributed by atoms with Crippen molar-refractivity contribution in [1.82, 2.24) is 0 Å². The zero-order valence-electron chi connectivity index (χ0n) is 22.5. The highest BCUT2D eigenvalue weighted by Crippen LogP contribution is 2.46. The van der Waals surface area contributed by atoms with Crippen molar-refractivity contribution in [3.63, 3.8) is 0 Å². The quantitative estimate of drug-likeness (QED) is 0.236. The van der Waals surface area contributed by atoms with Crippen molar-refractivity contribution in [1.29, 1.82) is 0 Å². The maximum absolute atomic E-state index is 14.2. The van der Waals surface area contributed by atoms with Crippen LogP contribution in [0.1, 0.15) is 36.1 Å². The number of rotatable bonds is 6. The Morgan fingerprint density at radius 3 is 1.98 bits per heavy atom. The van der Waals surface area contributed by atoms with E-state index in [1.165, 1.54) is 22.9 Å². The number of nitrogens with zero attached hydrogens (tertiary/aromatic N) is 3. The number of carbonyl (C=O) groups is 2. The van der Waals surface area contributed by atoms with Crippen molar-refractivity contribution in [2.24, 2.45) is 4.99 Å². The first-order chi connectivity index (χ1) is 19.6. The molecule has 2 aliphatic heterocycles. The lowest BCUT2D eigenvalue weighted by molar-refractivity contribution is -0.115. The van der Waals surface area contributed by atoms with Crippen molar-refractivity contribution in [2.45, 2.75) is 33.2 Å². The Morgan fingerprint density at radius 1 is 0.675 bits per heavy atom. The molecule has 5 nitrogen and oxygen atoms in total. The Labute approximate surface area is 238 Å². The molecule has 0 atom stereocenters. The van der Waals surface area contributed by atoms with Gasteiger partial charge in [0.1, 0.15) is 0 Å². The lowest BCUT2D eigenvalue weighted by Gasteiger charge is -2.17. The van der Waals surface area contributed by atoms with Gasteiger partial charge >= 0.3 is 0 Å². The van der Waals surface area contributed by atoms with Crippen LogP contribution in [0, 0.1) is 0 Å². The minimum Gasteiger partial charge on any atom is -0.303 e. The van der Waals surface area contributed by atoms with Crippen LogP contribution in [-0.2, 0) is 29.0 Å². The van der Waals surface area contributed by atoms with E-state index < -0.39 is 0 Å². The van der Waals surface area contributed by atoms with Crippen LogP contribution >= 0.6 is 11.8 Å². The fraction of sp³-hybridized carbons (Fsp3) is 0.147. The van der Waals surface area contributed by atoms with E-state index in [9.17, 15) is 9.59 Å². The number of para-hydroxylation sites is 1. The first kappa shape index (κ1) is 25.8. The van der Waals surface area contributed by atoms with E-state index in [4.69, 9.17) is 4.99 Å². The summed E-state index contributed by atoms with van der Waals surface area (Å²) in [5, 5.41) is 0.535. The topological polar surface area (TPSA) is 53.0 Å². The monoisotopic (exact) mass is 543 g/mol. The molecule has 0 aromatic heterocycles. The van der Waals surface area contributed by atoms with Gasteiger partial charge in [0.05, 0.1) is 34.1 Å². The van der Waals surface area contributed by atoms with Gasteiger partial charge in [-0.2, -0.15) is 0 Å². The lowest BCUT2D eigenvalue weighted by Crippen LogP contribution is -2.30. The molecule has 40 heavy (non-hydrogen) atoms. The minimum atomic E-state index is -0.238. The van der Waals surface area contributed by atoms with E-state index >= 15 is 0 Å². The van der Waals surface area contributed by atoms with Gasteiger partial charge in [-0.25, -0.2) is 4.99 Å². The number of hydrogen-bond acceptors (Lipinski definition) is 4. The van der Waals surface area contributed by atoms with Crippen LogP contribution < -0.4 is 9.80 Å². The summed E-state index contributed by atoms with van der Waals surface area (Å²) in [7, 11) is 0. The van der Waals surface area contributed by atoms with E-state index in [1.807, 2.05) is 91.0 Å². The molecular weight excluding hydrogens is 514 g/mol. The maximum Gasteiger partial charge on any atom is 0.272 e. The molecule has 0 saturated carbocycles. The molecule has 0 radical (unpaired) electrons. The van der Waals surface area contributed by atoms with Crippen LogP contribution in [-0.4, -0.2) is 17.0 Å². The zero-order chi connectivity index (χ0) is 27.6. The summed E-state index contributed by atoms with van der Waals surface area (Å²) in [5.41, 5.74) is 6.95. The number of aliphatic imine (C=N–C) groups is 1. The molecule has 0 bridgehead atoms. The van der Waals surface area contributed by atoms with Gasteiger partial charge in [0.15, 0.2) is 5.17 Å². The smallest absolute Gasteiger partial charge is 0.272 e. The normalized spacial score (nSPS) is 17.7. The Kier molecular flexibility index (Phi) is 7.10. The van der Waals surface area contributed by atoms with E-state index in [2.05, 4.69) is 26.0 Å². The van der Waals surface area contributed by atoms with E-state index in [1.54, 1.807) is 9.80 Å². The maximum atomic E-state index is 14.2. The minimum absolute atomic E-state index is 0.171. The lowest BCUT2D eigenvalue weighted by atomic mass is 10.1. The van der Waals surface area contributed by atoms with Gasteiger partial charge in [0, 0.05) is 5.56 Å². The number of hydrogen-bond donors (Lipinski definition) is 0. The van der Waals surface area contributed by atoms with Crippen LogP contribution in [0.2, 0.25) is 0 Å². The number of amides is 2. The highest BCUT2D eigenvalue weighted by atomic mass is 32.2. The predicted molar refractivity (Wildman–Crippen MR) is 165 cm³/mol. The molecule has 2 aliphatic rings. The number of amidine groups is 1. The Bertz CT molecular complexity index is 1640. The fourth-order valence-corrected chi connectivity index (χ4v) is 6.14. The largest absolute Gasteiger partial charge is 0.303 e. The Hall–Kier alpha value is -4.42. The molecule has 2 heterocycles. The third-order valence-electron chi connectivity index (χ3n) is 7.29. The van der Waals surface area contributed by atoms with Crippen molar-refractivity contribution < 1.29 is 9.59 Å². The molecule has 2 amide bonds.